The summed E-state index contributed by atoms with van der Waals surface area (Å²) in [5, 5.41) is 12.7. The molecular formula is C22H33N3O5. The summed E-state index contributed by atoms with van der Waals surface area (Å²) < 4.78 is 10.4. The van der Waals surface area contributed by atoms with Crippen molar-refractivity contribution in [2.24, 2.45) is 0 Å². The summed E-state index contributed by atoms with van der Waals surface area (Å²) in [5.74, 6) is 0. The normalized spacial score (nSPS) is 19.5. The maximum Gasteiger partial charge on any atom is 0.414 e. The van der Waals surface area contributed by atoms with Crippen LogP contribution in [0.3, 0.4) is 0 Å². The number of rotatable bonds is 6. The Balaban J connectivity index is 1.67. The molecule has 0 saturated carbocycles. The molecule has 2 amide bonds. The van der Waals surface area contributed by atoms with Gasteiger partial charge in [0, 0.05) is 25.3 Å². The number of nitrogens with one attached hydrogen (secondary N) is 1. The monoisotopic (exact) mass is 419 g/mol. The Morgan fingerprint density at radius 2 is 1.90 bits per heavy atom. The van der Waals surface area contributed by atoms with Crippen LogP contribution in [0.15, 0.2) is 24.3 Å². The van der Waals surface area contributed by atoms with Gasteiger partial charge < -0.3 is 24.8 Å². The predicted molar refractivity (Wildman–Crippen MR) is 114 cm³/mol. The number of cyclic esters (lactones) is 1. The third kappa shape index (κ3) is 6.34. The second kappa shape index (κ2) is 9.66. The first-order valence-corrected chi connectivity index (χ1v) is 10.7. The fourth-order valence-corrected chi connectivity index (χ4v) is 3.74. The fraction of sp³-hybridized carbons (Fsp3) is 0.636. The summed E-state index contributed by atoms with van der Waals surface area (Å²) in [6.45, 7) is 8.98. The number of aliphatic hydroxyl groups is 1. The van der Waals surface area contributed by atoms with Gasteiger partial charge in [-0.25, -0.2) is 9.59 Å². The number of hydrogen-bond donors (Lipinski definition) is 2. The molecule has 0 aliphatic carbocycles. The van der Waals surface area contributed by atoms with Crippen molar-refractivity contribution in [3.8, 4) is 0 Å². The van der Waals surface area contributed by atoms with Gasteiger partial charge in [0.1, 0.15) is 12.2 Å². The molecule has 30 heavy (non-hydrogen) atoms. The zero-order chi connectivity index (χ0) is 21.7. The van der Waals surface area contributed by atoms with Gasteiger partial charge in [0.2, 0.25) is 0 Å². The van der Waals surface area contributed by atoms with Crippen LogP contribution in [0.2, 0.25) is 0 Å². The summed E-state index contributed by atoms with van der Waals surface area (Å²) in [6, 6.07) is 7.41. The van der Waals surface area contributed by atoms with Gasteiger partial charge in [0.15, 0.2) is 0 Å². The van der Waals surface area contributed by atoms with E-state index in [9.17, 15) is 14.7 Å². The van der Waals surface area contributed by atoms with Crippen LogP contribution >= 0.6 is 0 Å². The standard InChI is InChI=1S/C22H33N3O5/c1-22(2,3)30-20(27)23-19(10-13-24-11-8-18(26)9-12-24)16-4-6-17(7-5-16)25-14-15-29-21(25)28/h4-7,18-19,26H,8-15H2,1-3H3,(H,23,27). The Kier molecular flexibility index (Phi) is 7.20. The minimum absolute atomic E-state index is 0.207. The molecule has 8 nitrogen and oxygen atoms in total. The van der Waals surface area contributed by atoms with Gasteiger partial charge >= 0.3 is 12.2 Å². The van der Waals surface area contributed by atoms with E-state index in [1.807, 2.05) is 45.0 Å². The number of anilines is 1. The Bertz CT molecular complexity index is 723. The molecule has 1 atom stereocenters. The predicted octanol–water partition coefficient (Wildman–Crippen LogP) is 3.06. The third-order valence-electron chi connectivity index (χ3n) is 5.35. The first kappa shape index (κ1) is 22.4. The SMILES string of the molecule is CC(C)(C)OC(=O)NC(CCN1CCC(O)CC1)c1ccc(N2CCOC2=O)cc1. The van der Waals surface area contributed by atoms with Crippen LogP contribution in [0.1, 0.15) is 51.6 Å². The van der Waals surface area contributed by atoms with Crippen LogP contribution < -0.4 is 10.2 Å². The maximum absolute atomic E-state index is 12.4. The highest BCUT2D eigenvalue weighted by Gasteiger charge is 2.25. The van der Waals surface area contributed by atoms with Gasteiger partial charge in [0.05, 0.1) is 18.7 Å². The van der Waals surface area contributed by atoms with Crippen LogP contribution in [-0.4, -0.2) is 66.7 Å². The molecule has 1 unspecified atom stereocenters. The molecule has 0 radical (unpaired) electrons. The van der Waals surface area contributed by atoms with Gasteiger partial charge in [-0.1, -0.05) is 12.1 Å². The first-order valence-electron chi connectivity index (χ1n) is 10.7. The van der Waals surface area contributed by atoms with Crippen LogP contribution in [0.5, 0.6) is 0 Å². The number of amides is 2. The quantitative estimate of drug-likeness (QED) is 0.736. The molecule has 0 aromatic heterocycles. The summed E-state index contributed by atoms with van der Waals surface area (Å²) in [4.78, 5) is 28.1. The summed E-state index contributed by atoms with van der Waals surface area (Å²) in [7, 11) is 0. The highest BCUT2D eigenvalue weighted by Crippen LogP contribution is 2.25. The van der Waals surface area contributed by atoms with E-state index >= 15 is 0 Å². The van der Waals surface area contributed by atoms with Gasteiger partial charge in [-0.05, 0) is 57.7 Å². The van der Waals surface area contributed by atoms with Crippen molar-refractivity contribution in [1.82, 2.24) is 10.2 Å². The second-order valence-electron chi connectivity index (χ2n) is 8.92. The summed E-state index contributed by atoms with van der Waals surface area (Å²) in [6.07, 6.45) is 1.30. The molecule has 1 aromatic carbocycles. The molecule has 2 fully saturated rings. The number of carbonyl (C=O) groups is 2. The van der Waals surface area contributed by atoms with Crippen LogP contribution in [0, 0.1) is 0 Å². The molecule has 3 rings (SSSR count). The Morgan fingerprint density at radius 1 is 1.23 bits per heavy atom. The molecule has 8 heteroatoms. The number of carbonyl (C=O) groups excluding carboxylic acids is 2. The molecule has 2 aliphatic rings. The lowest BCUT2D eigenvalue weighted by Crippen LogP contribution is -2.39. The van der Waals surface area contributed by atoms with E-state index in [2.05, 4.69) is 10.2 Å². The van der Waals surface area contributed by atoms with Crippen LogP contribution in [0.4, 0.5) is 15.3 Å². The molecule has 2 heterocycles. The lowest BCUT2D eigenvalue weighted by atomic mass is 10.0. The average Bonchev–Trinajstić information content (AvgIpc) is 3.11. The number of benzene rings is 1. The number of likely N-dealkylation sites (tertiary alicyclic amines) is 1. The van der Waals surface area contributed by atoms with Crippen LogP contribution in [0.25, 0.3) is 0 Å². The van der Waals surface area contributed by atoms with Crippen molar-refractivity contribution in [2.45, 2.75) is 57.8 Å². The zero-order valence-electron chi connectivity index (χ0n) is 18.1. The highest BCUT2D eigenvalue weighted by atomic mass is 16.6. The second-order valence-corrected chi connectivity index (χ2v) is 8.92. The van der Waals surface area contributed by atoms with Crippen molar-refractivity contribution in [1.29, 1.82) is 0 Å². The van der Waals surface area contributed by atoms with Gasteiger partial charge in [-0.15, -0.1) is 0 Å². The average molecular weight is 420 g/mol. The third-order valence-corrected chi connectivity index (χ3v) is 5.35. The first-order chi connectivity index (χ1) is 14.2. The molecule has 1 aromatic rings. The number of ether oxygens (including phenoxy) is 2. The molecule has 166 valence electrons. The van der Waals surface area contributed by atoms with Gasteiger partial charge in [-0.2, -0.15) is 0 Å². The van der Waals surface area contributed by atoms with E-state index in [0.29, 0.717) is 13.2 Å². The van der Waals surface area contributed by atoms with E-state index in [4.69, 9.17) is 9.47 Å². The topological polar surface area (TPSA) is 91.3 Å². The van der Waals surface area contributed by atoms with Crippen LogP contribution in [-0.2, 0) is 9.47 Å². The van der Waals surface area contributed by atoms with E-state index in [0.717, 1.165) is 50.1 Å². The summed E-state index contributed by atoms with van der Waals surface area (Å²) >= 11 is 0. The Labute approximate surface area is 178 Å². The van der Waals surface area contributed by atoms with Crippen molar-refractivity contribution < 1.29 is 24.2 Å². The Morgan fingerprint density at radius 3 is 2.47 bits per heavy atom. The highest BCUT2D eigenvalue weighted by molar-refractivity contribution is 5.89. The molecule has 0 bridgehead atoms. The Hall–Kier alpha value is -2.32. The number of aliphatic hydroxyl groups excluding tert-OH is 1. The van der Waals surface area contributed by atoms with Crippen molar-refractivity contribution in [3.05, 3.63) is 29.8 Å². The lowest BCUT2D eigenvalue weighted by molar-refractivity contribution is 0.0491. The minimum Gasteiger partial charge on any atom is -0.447 e. The van der Waals surface area contributed by atoms with E-state index in [-0.39, 0.29) is 18.2 Å². The fourth-order valence-electron chi connectivity index (χ4n) is 3.74. The van der Waals surface area contributed by atoms with E-state index in [1.54, 1.807) is 4.90 Å². The van der Waals surface area contributed by atoms with Gasteiger partial charge in [0.25, 0.3) is 0 Å². The van der Waals surface area contributed by atoms with Gasteiger partial charge in [-0.3, -0.25) is 4.90 Å². The molecule has 0 spiro atoms. The molecule has 2 N–H and O–H groups in total. The lowest BCUT2D eigenvalue weighted by Gasteiger charge is -2.31. The van der Waals surface area contributed by atoms with Crippen molar-refractivity contribution in [2.75, 3.05) is 37.7 Å². The number of hydrogen-bond acceptors (Lipinski definition) is 6. The number of piperidine rings is 1. The van der Waals surface area contributed by atoms with Crippen molar-refractivity contribution >= 4 is 17.9 Å². The van der Waals surface area contributed by atoms with E-state index < -0.39 is 11.7 Å². The summed E-state index contributed by atoms with van der Waals surface area (Å²) in [5.41, 5.74) is 1.16. The minimum atomic E-state index is -0.572. The maximum atomic E-state index is 12.4. The zero-order valence-corrected chi connectivity index (χ0v) is 18.1. The van der Waals surface area contributed by atoms with Crippen molar-refractivity contribution in [3.63, 3.8) is 0 Å². The molecule has 2 saturated heterocycles. The van der Waals surface area contributed by atoms with E-state index in [1.165, 1.54) is 0 Å². The molecular weight excluding hydrogens is 386 g/mol. The number of alkyl carbamates (subject to hydrolysis) is 1. The molecule has 2 aliphatic heterocycles. The smallest absolute Gasteiger partial charge is 0.414 e. The largest absolute Gasteiger partial charge is 0.447 e. The number of nitrogens with zero attached hydrogens (tertiary/aromatic N) is 2.